The first-order valence-electron chi connectivity index (χ1n) is 10.4. The first-order chi connectivity index (χ1) is 15.5. The summed E-state index contributed by atoms with van der Waals surface area (Å²) in [7, 11) is -3.64. The number of nitrogens with zero attached hydrogens (tertiary/aromatic N) is 3. The van der Waals surface area contributed by atoms with Gasteiger partial charge in [-0.3, -0.25) is 9.78 Å². The summed E-state index contributed by atoms with van der Waals surface area (Å²) in [5.74, 6) is 0.0135. The first-order valence-corrected chi connectivity index (χ1v) is 11.8. The summed E-state index contributed by atoms with van der Waals surface area (Å²) in [6.45, 7) is 0.831. The molecule has 0 bridgehead atoms. The van der Waals surface area contributed by atoms with E-state index >= 15 is 0 Å². The normalized spacial score (nSPS) is 16.9. The maximum absolute atomic E-state index is 13.0. The number of amides is 1. The van der Waals surface area contributed by atoms with Gasteiger partial charge in [0.2, 0.25) is 15.9 Å². The van der Waals surface area contributed by atoms with Crippen LogP contribution in [0.2, 0.25) is 0 Å². The minimum Gasteiger partial charge on any atom is -0.485 e. The standard InChI is InChI=1S/C23H24N4O4S/c28-23(19-6-5-15-27(16-19)32(29,30)20-7-2-1-3-8-20)26-22-21(9-4-12-25-22)31-17-18-10-13-24-14-11-18/h1-4,7-14,19H,5-6,15-17H2,(H,25,26,28). The molecule has 0 aliphatic carbocycles. The summed E-state index contributed by atoms with van der Waals surface area (Å²) in [5, 5.41) is 2.82. The fourth-order valence-corrected chi connectivity index (χ4v) is 5.12. The second kappa shape index (κ2) is 9.88. The molecule has 1 aliphatic heterocycles. The van der Waals surface area contributed by atoms with Gasteiger partial charge in [0.15, 0.2) is 11.6 Å². The molecule has 1 N–H and O–H groups in total. The minimum atomic E-state index is -3.64. The largest absolute Gasteiger partial charge is 0.485 e. The van der Waals surface area contributed by atoms with Gasteiger partial charge < -0.3 is 10.1 Å². The van der Waals surface area contributed by atoms with Gasteiger partial charge in [-0.05, 0) is 54.8 Å². The van der Waals surface area contributed by atoms with Gasteiger partial charge in [0, 0.05) is 31.7 Å². The van der Waals surface area contributed by atoms with Crippen molar-refractivity contribution >= 4 is 21.7 Å². The molecular formula is C23H24N4O4S. The molecule has 9 heteroatoms. The van der Waals surface area contributed by atoms with Crippen LogP contribution in [0, 0.1) is 5.92 Å². The molecule has 32 heavy (non-hydrogen) atoms. The summed E-state index contributed by atoms with van der Waals surface area (Å²) < 4.78 is 33.1. The highest BCUT2D eigenvalue weighted by molar-refractivity contribution is 7.89. The summed E-state index contributed by atoms with van der Waals surface area (Å²) >= 11 is 0. The molecule has 1 aliphatic rings. The number of benzene rings is 1. The summed E-state index contributed by atoms with van der Waals surface area (Å²) in [4.78, 5) is 21.4. The number of aromatic nitrogens is 2. The van der Waals surface area contributed by atoms with Crippen LogP contribution in [0.15, 0.2) is 78.1 Å². The monoisotopic (exact) mass is 452 g/mol. The Kier molecular flexibility index (Phi) is 6.77. The van der Waals surface area contributed by atoms with Crippen molar-refractivity contribution in [1.82, 2.24) is 14.3 Å². The highest BCUT2D eigenvalue weighted by Gasteiger charge is 2.33. The van der Waals surface area contributed by atoms with Crippen LogP contribution in [0.25, 0.3) is 0 Å². The van der Waals surface area contributed by atoms with Crippen molar-refractivity contribution in [3.63, 3.8) is 0 Å². The highest BCUT2D eigenvalue weighted by atomic mass is 32.2. The summed E-state index contributed by atoms with van der Waals surface area (Å²) in [5.41, 5.74) is 0.940. The number of piperidine rings is 1. The molecule has 1 aromatic carbocycles. The fourth-order valence-electron chi connectivity index (χ4n) is 3.58. The van der Waals surface area contributed by atoms with Crippen molar-refractivity contribution in [1.29, 1.82) is 0 Å². The zero-order valence-electron chi connectivity index (χ0n) is 17.4. The maximum Gasteiger partial charge on any atom is 0.243 e. The molecule has 166 valence electrons. The predicted octanol–water partition coefficient (Wildman–Crippen LogP) is 3.10. The van der Waals surface area contributed by atoms with Crippen LogP contribution < -0.4 is 10.1 Å². The van der Waals surface area contributed by atoms with E-state index in [2.05, 4.69) is 15.3 Å². The Morgan fingerprint density at radius 2 is 1.84 bits per heavy atom. The molecule has 0 saturated carbocycles. The number of sulfonamides is 1. The van der Waals surface area contributed by atoms with Gasteiger partial charge in [0.1, 0.15) is 6.61 Å². The molecule has 0 radical (unpaired) electrons. The Labute approximate surface area is 187 Å². The van der Waals surface area contributed by atoms with Gasteiger partial charge in [0.05, 0.1) is 10.8 Å². The van der Waals surface area contributed by atoms with Crippen molar-refractivity contribution in [3.05, 3.63) is 78.8 Å². The molecular weight excluding hydrogens is 428 g/mol. The van der Waals surface area contributed by atoms with E-state index < -0.39 is 15.9 Å². The van der Waals surface area contributed by atoms with Crippen molar-refractivity contribution in [2.75, 3.05) is 18.4 Å². The average molecular weight is 453 g/mol. The molecule has 1 fully saturated rings. The molecule has 3 aromatic rings. The van der Waals surface area contributed by atoms with E-state index in [9.17, 15) is 13.2 Å². The van der Waals surface area contributed by atoms with E-state index in [0.29, 0.717) is 37.6 Å². The van der Waals surface area contributed by atoms with Crippen molar-refractivity contribution < 1.29 is 17.9 Å². The zero-order chi connectivity index (χ0) is 22.4. The van der Waals surface area contributed by atoms with E-state index in [1.54, 1.807) is 61.1 Å². The third kappa shape index (κ3) is 5.12. The van der Waals surface area contributed by atoms with Crippen molar-refractivity contribution in [3.8, 4) is 5.75 Å². The van der Waals surface area contributed by atoms with Gasteiger partial charge in [-0.25, -0.2) is 13.4 Å². The molecule has 1 atom stereocenters. The van der Waals surface area contributed by atoms with Crippen LogP contribution >= 0.6 is 0 Å². The second-order valence-corrected chi connectivity index (χ2v) is 9.44. The van der Waals surface area contributed by atoms with Crippen LogP contribution in [0.1, 0.15) is 18.4 Å². The quantitative estimate of drug-likeness (QED) is 0.591. The molecule has 2 aromatic heterocycles. The molecule has 1 saturated heterocycles. The molecule has 1 unspecified atom stereocenters. The number of pyridine rings is 2. The molecule has 0 spiro atoms. The van der Waals surface area contributed by atoms with E-state index in [0.717, 1.165) is 5.56 Å². The second-order valence-electron chi connectivity index (χ2n) is 7.50. The van der Waals surface area contributed by atoms with Crippen LogP contribution in [-0.2, 0) is 21.4 Å². The average Bonchev–Trinajstić information content (AvgIpc) is 2.85. The SMILES string of the molecule is O=C(Nc1ncccc1OCc1ccncc1)C1CCCN(S(=O)(=O)c2ccccc2)C1. The van der Waals surface area contributed by atoms with Gasteiger partial charge in [-0.2, -0.15) is 4.31 Å². The first kappa shape index (κ1) is 21.9. The topological polar surface area (TPSA) is 101 Å². The number of hydrogen-bond donors (Lipinski definition) is 1. The number of anilines is 1. The summed E-state index contributed by atoms with van der Waals surface area (Å²) in [6, 6.07) is 15.4. The zero-order valence-corrected chi connectivity index (χ0v) is 18.2. The summed E-state index contributed by atoms with van der Waals surface area (Å²) in [6.07, 6.45) is 6.15. The molecule has 3 heterocycles. The van der Waals surface area contributed by atoms with Gasteiger partial charge >= 0.3 is 0 Å². The maximum atomic E-state index is 13.0. The molecule has 4 rings (SSSR count). The number of carbonyl (C=O) groups is 1. The van der Waals surface area contributed by atoms with Crippen LogP contribution in [0.3, 0.4) is 0 Å². The fraction of sp³-hybridized carbons (Fsp3) is 0.261. The van der Waals surface area contributed by atoms with E-state index in [4.69, 9.17) is 4.74 Å². The van der Waals surface area contributed by atoms with Gasteiger partial charge in [-0.1, -0.05) is 18.2 Å². The lowest BCUT2D eigenvalue weighted by Gasteiger charge is -2.31. The van der Waals surface area contributed by atoms with Gasteiger partial charge in [0.25, 0.3) is 0 Å². The lowest BCUT2D eigenvalue weighted by atomic mass is 9.99. The van der Waals surface area contributed by atoms with E-state index in [1.165, 1.54) is 4.31 Å². The third-order valence-corrected chi connectivity index (χ3v) is 7.17. The lowest BCUT2D eigenvalue weighted by molar-refractivity contribution is -0.120. The minimum absolute atomic E-state index is 0.128. The third-order valence-electron chi connectivity index (χ3n) is 5.29. The van der Waals surface area contributed by atoms with Crippen LogP contribution in [0.4, 0.5) is 5.82 Å². The molecule has 8 nitrogen and oxygen atoms in total. The van der Waals surface area contributed by atoms with E-state index in [1.807, 2.05) is 12.1 Å². The van der Waals surface area contributed by atoms with Crippen molar-refractivity contribution in [2.45, 2.75) is 24.3 Å². The number of hydrogen-bond acceptors (Lipinski definition) is 6. The number of carbonyl (C=O) groups excluding carboxylic acids is 1. The van der Waals surface area contributed by atoms with Crippen LogP contribution in [-0.4, -0.2) is 41.7 Å². The Hall–Kier alpha value is -3.30. The smallest absolute Gasteiger partial charge is 0.243 e. The molecule has 1 amide bonds. The highest BCUT2D eigenvalue weighted by Crippen LogP contribution is 2.27. The Bertz CT molecular complexity index is 1160. The Morgan fingerprint density at radius 1 is 1.06 bits per heavy atom. The number of ether oxygens (including phenoxy) is 1. The number of rotatable bonds is 7. The van der Waals surface area contributed by atoms with Gasteiger partial charge in [-0.15, -0.1) is 0 Å². The Morgan fingerprint density at radius 3 is 2.62 bits per heavy atom. The number of nitrogens with one attached hydrogen (secondary N) is 1. The predicted molar refractivity (Wildman–Crippen MR) is 119 cm³/mol. The van der Waals surface area contributed by atoms with Crippen molar-refractivity contribution in [2.24, 2.45) is 5.92 Å². The van der Waals surface area contributed by atoms with E-state index in [-0.39, 0.29) is 17.3 Å². The lowest BCUT2D eigenvalue weighted by Crippen LogP contribution is -2.43. The Balaban J connectivity index is 1.43. The van der Waals surface area contributed by atoms with Crippen LogP contribution in [0.5, 0.6) is 5.75 Å².